The maximum absolute atomic E-state index is 5.90. The van der Waals surface area contributed by atoms with Crippen molar-refractivity contribution < 1.29 is 0 Å². The number of aromatic nitrogens is 2. The molecule has 0 radical (unpaired) electrons. The average molecular weight is 283 g/mol. The molecule has 6 heteroatoms. The minimum absolute atomic E-state index is 0.617. The zero-order valence-corrected chi connectivity index (χ0v) is 11.7. The molecule has 0 aliphatic heterocycles. The summed E-state index contributed by atoms with van der Waals surface area (Å²) in [6.45, 7) is 1.37. The van der Waals surface area contributed by atoms with Gasteiger partial charge in [-0.3, -0.25) is 0 Å². The molecule has 2 aromatic rings. The van der Waals surface area contributed by atoms with Gasteiger partial charge in [-0.25, -0.2) is 9.97 Å². The monoisotopic (exact) mass is 282 g/mol. The average Bonchev–Trinajstić information content (AvgIpc) is 2.76. The van der Waals surface area contributed by atoms with E-state index < -0.39 is 0 Å². The number of halogens is 1. The van der Waals surface area contributed by atoms with Crippen LogP contribution in [-0.4, -0.2) is 23.6 Å². The molecule has 0 fully saturated rings. The SMILES string of the molecule is CN(Cc1ccc(Cl)s1)c1ncc(CCN)cn1. The Morgan fingerprint density at radius 3 is 2.61 bits per heavy atom. The van der Waals surface area contributed by atoms with Crippen LogP contribution in [0.25, 0.3) is 0 Å². The summed E-state index contributed by atoms with van der Waals surface area (Å²) in [5.74, 6) is 0.709. The Hall–Kier alpha value is -1.17. The summed E-state index contributed by atoms with van der Waals surface area (Å²) in [6, 6.07) is 3.92. The topological polar surface area (TPSA) is 55.0 Å². The smallest absolute Gasteiger partial charge is 0.225 e. The summed E-state index contributed by atoms with van der Waals surface area (Å²) in [4.78, 5) is 11.8. The van der Waals surface area contributed by atoms with Gasteiger partial charge in [-0.1, -0.05) is 11.6 Å². The molecule has 0 unspecified atom stereocenters. The van der Waals surface area contributed by atoms with Gasteiger partial charge in [0.2, 0.25) is 5.95 Å². The summed E-state index contributed by atoms with van der Waals surface area (Å²) >= 11 is 7.48. The quantitative estimate of drug-likeness (QED) is 0.914. The number of nitrogens with two attached hydrogens (primary N) is 1. The molecule has 2 N–H and O–H groups in total. The van der Waals surface area contributed by atoms with Crippen LogP contribution < -0.4 is 10.6 Å². The van der Waals surface area contributed by atoms with Crippen molar-refractivity contribution in [3.63, 3.8) is 0 Å². The van der Waals surface area contributed by atoms with E-state index in [1.165, 1.54) is 4.88 Å². The third kappa shape index (κ3) is 3.41. The second kappa shape index (κ2) is 6.13. The summed E-state index contributed by atoms with van der Waals surface area (Å²) in [5.41, 5.74) is 6.55. The minimum atomic E-state index is 0.617. The Kier molecular flexibility index (Phi) is 4.52. The van der Waals surface area contributed by atoms with Crippen molar-refractivity contribution in [1.82, 2.24) is 9.97 Å². The van der Waals surface area contributed by atoms with Crippen LogP contribution in [0.3, 0.4) is 0 Å². The van der Waals surface area contributed by atoms with Crippen molar-refractivity contribution in [3.05, 3.63) is 39.3 Å². The van der Waals surface area contributed by atoms with Crippen molar-refractivity contribution in [2.75, 3.05) is 18.5 Å². The summed E-state index contributed by atoms with van der Waals surface area (Å²) < 4.78 is 0.803. The van der Waals surface area contributed by atoms with Crippen LogP contribution in [0.1, 0.15) is 10.4 Å². The second-order valence-electron chi connectivity index (χ2n) is 3.99. The molecule has 0 atom stereocenters. The summed E-state index contributed by atoms with van der Waals surface area (Å²) in [5, 5.41) is 0. The molecule has 0 spiro atoms. The number of rotatable bonds is 5. The largest absolute Gasteiger partial charge is 0.339 e. The fraction of sp³-hybridized carbons (Fsp3) is 0.333. The normalized spacial score (nSPS) is 10.6. The van der Waals surface area contributed by atoms with Gasteiger partial charge in [0.1, 0.15) is 0 Å². The van der Waals surface area contributed by atoms with Gasteiger partial charge in [0.25, 0.3) is 0 Å². The van der Waals surface area contributed by atoms with Gasteiger partial charge in [-0.15, -0.1) is 11.3 Å². The van der Waals surface area contributed by atoms with Crippen LogP contribution in [0, 0.1) is 0 Å². The van der Waals surface area contributed by atoms with E-state index in [2.05, 4.69) is 9.97 Å². The van der Waals surface area contributed by atoms with Gasteiger partial charge in [0.05, 0.1) is 10.9 Å². The molecule has 4 nitrogen and oxygen atoms in total. The Morgan fingerprint density at radius 2 is 2.06 bits per heavy atom. The molecule has 0 saturated heterocycles. The first kappa shape index (κ1) is 13.3. The molecule has 0 aliphatic rings. The van der Waals surface area contributed by atoms with Gasteiger partial charge in [0.15, 0.2) is 0 Å². The highest BCUT2D eigenvalue weighted by Gasteiger charge is 2.07. The number of anilines is 1. The number of hydrogen-bond acceptors (Lipinski definition) is 5. The van der Waals surface area contributed by atoms with Crippen molar-refractivity contribution in [1.29, 1.82) is 0 Å². The highest BCUT2D eigenvalue weighted by Crippen LogP contribution is 2.23. The lowest BCUT2D eigenvalue weighted by Gasteiger charge is -2.15. The first-order valence-corrected chi connectivity index (χ1v) is 6.85. The molecule has 0 aromatic carbocycles. The Labute approximate surface area is 115 Å². The lowest BCUT2D eigenvalue weighted by Crippen LogP contribution is -2.18. The third-order valence-electron chi connectivity index (χ3n) is 2.49. The van der Waals surface area contributed by atoms with Gasteiger partial charge in [0, 0.05) is 24.3 Å². The predicted octanol–water partition coefficient (Wildman–Crippen LogP) is 2.33. The highest BCUT2D eigenvalue weighted by atomic mass is 35.5. The van der Waals surface area contributed by atoms with Crippen LogP contribution in [0.5, 0.6) is 0 Å². The van der Waals surface area contributed by atoms with Gasteiger partial charge < -0.3 is 10.6 Å². The zero-order chi connectivity index (χ0) is 13.0. The van der Waals surface area contributed by atoms with E-state index in [9.17, 15) is 0 Å². The molecule has 2 rings (SSSR count). The van der Waals surface area contributed by atoms with E-state index in [-0.39, 0.29) is 0 Å². The fourth-order valence-electron chi connectivity index (χ4n) is 1.58. The highest BCUT2D eigenvalue weighted by molar-refractivity contribution is 7.16. The Balaban J connectivity index is 2.02. The van der Waals surface area contributed by atoms with Gasteiger partial charge in [-0.2, -0.15) is 0 Å². The summed E-state index contributed by atoms with van der Waals surface area (Å²) in [7, 11) is 1.96. The fourth-order valence-corrected chi connectivity index (χ4v) is 2.72. The van der Waals surface area contributed by atoms with E-state index in [0.717, 1.165) is 22.9 Å². The Morgan fingerprint density at radius 1 is 1.33 bits per heavy atom. The van der Waals surface area contributed by atoms with E-state index in [4.69, 9.17) is 17.3 Å². The molecule has 2 heterocycles. The third-order valence-corrected chi connectivity index (χ3v) is 3.70. The van der Waals surface area contributed by atoms with Crippen LogP contribution >= 0.6 is 22.9 Å². The standard InChI is InChI=1S/C12H15ClN4S/c1-17(8-10-2-3-11(13)18-10)12-15-6-9(4-5-14)7-16-12/h2-3,6-7H,4-5,8,14H2,1H3. The van der Waals surface area contributed by atoms with Gasteiger partial charge in [-0.05, 0) is 30.7 Å². The van der Waals surface area contributed by atoms with Crippen molar-refractivity contribution in [2.45, 2.75) is 13.0 Å². The predicted molar refractivity (Wildman–Crippen MR) is 76.2 cm³/mol. The molecule has 0 saturated carbocycles. The molecular weight excluding hydrogens is 268 g/mol. The molecular formula is C12H15ClN4S. The lowest BCUT2D eigenvalue weighted by molar-refractivity contribution is 0.862. The van der Waals surface area contributed by atoms with Crippen LogP contribution in [0.4, 0.5) is 5.95 Å². The molecule has 0 bridgehead atoms. The summed E-state index contributed by atoms with van der Waals surface area (Å²) in [6.07, 6.45) is 4.46. The van der Waals surface area contributed by atoms with Gasteiger partial charge >= 0.3 is 0 Å². The minimum Gasteiger partial charge on any atom is -0.339 e. The lowest BCUT2D eigenvalue weighted by atomic mass is 10.2. The van der Waals surface area contributed by atoms with E-state index in [1.807, 2.05) is 36.5 Å². The van der Waals surface area contributed by atoms with Crippen LogP contribution in [0.2, 0.25) is 4.34 Å². The zero-order valence-electron chi connectivity index (χ0n) is 10.1. The molecule has 18 heavy (non-hydrogen) atoms. The van der Waals surface area contributed by atoms with Crippen LogP contribution in [0.15, 0.2) is 24.5 Å². The van der Waals surface area contributed by atoms with Crippen molar-refractivity contribution in [2.24, 2.45) is 5.73 Å². The molecule has 0 aliphatic carbocycles. The van der Waals surface area contributed by atoms with Crippen molar-refractivity contribution in [3.8, 4) is 0 Å². The van der Waals surface area contributed by atoms with E-state index >= 15 is 0 Å². The number of thiophene rings is 1. The van der Waals surface area contributed by atoms with Crippen LogP contribution in [-0.2, 0) is 13.0 Å². The van der Waals surface area contributed by atoms with Crippen molar-refractivity contribution >= 4 is 28.9 Å². The first-order valence-electron chi connectivity index (χ1n) is 5.65. The maximum atomic E-state index is 5.90. The number of hydrogen-bond donors (Lipinski definition) is 1. The maximum Gasteiger partial charge on any atom is 0.225 e. The van der Waals surface area contributed by atoms with E-state index in [1.54, 1.807) is 11.3 Å². The molecule has 96 valence electrons. The number of nitrogens with zero attached hydrogens (tertiary/aromatic N) is 3. The molecule has 0 amide bonds. The first-order chi connectivity index (χ1) is 8.69. The van der Waals surface area contributed by atoms with E-state index in [0.29, 0.717) is 12.5 Å². The Bertz CT molecular complexity index is 497. The molecule has 2 aromatic heterocycles. The second-order valence-corrected chi connectivity index (χ2v) is 5.79.